The van der Waals surface area contributed by atoms with Gasteiger partial charge in [0.25, 0.3) is 0 Å². The number of carboxylic acid groups (broad SMARTS) is 1. The highest BCUT2D eigenvalue weighted by Crippen LogP contribution is 2.20. The summed E-state index contributed by atoms with van der Waals surface area (Å²) in [6, 6.07) is -1.45. The second-order valence-corrected chi connectivity index (χ2v) is 3.99. The van der Waals surface area contributed by atoms with Crippen molar-refractivity contribution in [2.24, 2.45) is 5.73 Å². The number of aliphatic hydroxyl groups is 4. The third-order valence-corrected chi connectivity index (χ3v) is 2.54. The molecule has 0 bridgehead atoms. The van der Waals surface area contributed by atoms with Crippen LogP contribution in [0.2, 0.25) is 0 Å². The maximum absolute atomic E-state index is 11.5. The van der Waals surface area contributed by atoms with Gasteiger partial charge in [0.05, 0.1) is 0 Å². The smallest absolute Gasteiger partial charge is 0.338 e. The molecule has 1 aliphatic heterocycles. The molecule has 0 aromatic heterocycles. The summed E-state index contributed by atoms with van der Waals surface area (Å²) in [6.07, 6.45) is -9.06. The van der Waals surface area contributed by atoms with E-state index in [4.69, 9.17) is 10.8 Å². The van der Waals surface area contributed by atoms with Crippen molar-refractivity contribution in [2.45, 2.75) is 36.7 Å². The van der Waals surface area contributed by atoms with E-state index in [1.54, 1.807) is 0 Å². The lowest BCUT2D eigenvalue weighted by atomic mass is 9.99. The van der Waals surface area contributed by atoms with Crippen LogP contribution < -0.4 is 5.73 Å². The molecule has 1 rings (SSSR count). The molecule has 1 aliphatic rings. The summed E-state index contributed by atoms with van der Waals surface area (Å²) in [5, 5.41) is 45.6. The monoisotopic (exact) mass is 281 g/mol. The zero-order chi connectivity index (χ0) is 14.7. The highest BCUT2D eigenvalue weighted by atomic mass is 16.7. The van der Waals surface area contributed by atoms with Gasteiger partial charge in [-0.3, -0.25) is 4.79 Å². The number of esters is 1. The number of nitrogens with two attached hydrogens (primary N) is 1. The van der Waals surface area contributed by atoms with Crippen LogP contribution in [0, 0.1) is 0 Å². The van der Waals surface area contributed by atoms with Crippen molar-refractivity contribution < 1.29 is 44.6 Å². The topological polar surface area (TPSA) is 180 Å². The molecule has 110 valence electrons. The van der Waals surface area contributed by atoms with Crippen molar-refractivity contribution in [2.75, 3.05) is 6.61 Å². The second kappa shape index (κ2) is 6.23. The average Bonchev–Trinajstić information content (AvgIpc) is 2.37. The van der Waals surface area contributed by atoms with E-state index in [0.29, 0.717) is 0 Å². The Hall–Kier alpha value is -1.30. The van der Waals surface area contributed by atoms with Crippen LogP contribution in [0.15, 0.2) is 0 Å². The van der Waals surface area contributed by atoms with E-state index in [0.717, 1.165) is 0 Å². The molecule has 0 amide bonds. The van der Waals surface area contributed by atoms with Gasteiger partial charge in [-0.05, 0) is 0 Å². The first-order chi connectivity index (χ1) is 8.75. The lowest BCUT2D eigenvalue weighted by Gasteiger charge is -2.36. The first kappa shape index (κ1) is 15.8. The van der Waals surface area contributed by atoms with Gasteiger partial charge < -0.3 is 40.7 Å². The molecule has 19 heavy (non-hydrogen) atoms. The molecule has 10 heteroatoms. The summed E-state index contributed by atoms with van der Waals surface area (Å²) in [7, 11) is 0. The minimum absolute atomic E-state index is 0.671. The first-order valence-electron chi connectivity index (χ1n) is 5.28. The van der Waals surface area contributed by atoms with Crippen molar-refractivity contribution in [3.8, 4) is 0 Å². The Morgan fingerprint density at radius 3 is 2.26 bits per heavy atom. The van der Waals surface area contributed by atoms with Crippen LogP contribution in [0.1, 0.15) is 0 Å². The van der Waals surface area contributed by atoms with E-state index in [-0.39, 0.29) is 0 Å². The maximum Gasteiger partial charge on any atom is 0.338 e. The highest BCUT2D eigenvalue weighted by Gasteiger charge is 2.47. The fourth-order valence-electron chi connectivity index (χ4n) is 1.38. The Morgan fingerprint density at radius 2 is 1.74 bits per heavy atom. The predicted octanol–water partition coefficient (Wildman–Crippen LogP) is -4.26. The van der Waals surface area contributed by atoms with Gasteiger partial charge in [-0.15, -0.1) is 0 Å². The predicted molar refractivity (Wildman–Crippen MR) is 55.5 cm³/mol. The summed E-state index contributed by atoms with van der Waals surface area (Å²) in [5.74, 6) is -2.61. The largest absolute Gasteiger partial charge is 0.480 e. The number of aliphatic carboxylic acids is 1. The molecular formula is C9H15NO9. The maximum atomic E-state index is 11.5. The Labute approximate surface area is 107 Å². The fourth-order valence-corrected chi connectivity index (χ4v) is 1.38. The summed E-state index contributed by atoms with van der Waals surface area (Å²) in [5.41, 5.74) is 5.09. The zero-order valence-electron chi connectivity index (χ0n) is 9.62. The first-order valence-corrected chi connectivity index (χ1v) is 5.28. The number of ether oxygens (including phenoxy) is 2. The number of carbonyl (C=O) groups excluding carboxylic acids is 1. The third kappa shape index (κ3) is 3.59. The van der Waals surface area contributed by atoms with E-state index in [1.807, 2.05) is 0 Å². The van der Waals surface area contributed by atoms with Crippen molar-refractivity contribution >= 4 is 11.9 Å². The van der Waals surface area contributed by atoms with Crippen LogP contribution in [-0.4, -0.2) is 80.8 Å². The highest BCUT2D eigenvalue weighted by molar-refractivity contribution is 5.77. The molecular weight excluding hydrogens is 266 g/mol. The molecule has 3 unspecified atom stereocenters. The van der Waals surface area contributed by atoms with Gasteiger partial charge in [-0.25, -0.2) is 4.79 Å². The van der Waals surface area contributed by atoms with Crippen LogP contribution in [0.25, 0.3) is 0 Å². The van der Waals surface area contributed by atoms with E-state index >= 15 is 0 Å². The Balaban J connectivity index is 2.59. The Morgan fingerprint density at radius 1 is 1.16 bits per heavy atom. The number of hydrogen-bond acceptors (Lipinski definition) is 9. The van der Waals surface area contributed by atoms with Gasteiger partial charge in [0, 0.05) is 0 Å². The average molecular weight is 281 g/mol. The van der Waals surface area contributed by atoms with E-state index in [9.17, 15) is 30.0 Å². The van der Waals surface area contributed by atoms with E-state index in [2.05, 4.69) is 9.47 Å². The quantitative estimate of drug-likeness (QED) is 0.276. The van der Waals surface area contributed by atoms with Crippen LogP contribution in [0.4, 0.5) is 0 Å². The molecule has 10 nitrogen and oxygen atoms in total. The number of rotatable bonds is 4. The fraction of sp³-hybridized carbons (Fsp3) is 0.778. The van der Waals surface area contributed by atoms with Crippen LogP contribution in [0.3, 0.4) is 0 Å². The van der Waals surface area contributed by atoms with Crippen LogP contribution >= 0.6 is 0 Å². The van der Waals surface area contributed by atoms with Gasteiger partial charge in [0.1, 0.15) is 31.0 Å². The van der Waals surface area contributed by atoms with Gasteiger partial charge in [0.15, 0.2) is 12.4 Å². The van der Waals surface area contributed by atoms with Crippen molar-refractivity contribution in [3.05, 3.63) is 0 Å². The number of carbonyl (C=O) groups is 2. The number of carboxylic acids is 1. The normalized spacial score (nSPS) is 36.6. The van der Waals surface area contributed by atoms with E-state index in [1.165, 1.54) is 0 Å². The molecule has 1 fully saturated rings. The number of hydrogen-bond donors (Lipinski definition) is 6. The molecule has 1 heterocycles. The Bertz CT molecular complexity index is 349. The van der Waals surface area contributed by atoms with Gasteiger partial charge in [-0.2, -0.15) is 0 Å². The molecule has 0 spiro atoms. The molecule has 7 N–H and O–H groups in total. The summed E-state index contributed by atoms with van der Waals surface area (Å²) >= 11 is 0. The summed E-state index contributed by atoms with van der Waals surface area (Å²) < 4.78 is 9.04. The Kier molecular flexibility index (Phi) is 5.17. The summed E-state index contributed by atoms with van der Waals surface area (Å²) in [6.45, 7) is -0.671. The van der Waals surface area contributed by atoms with Gasteiger partial charge in [-0.1, -0.05) is 0 Å². The molecule has 0 radical (unpaired) electrons. The molecule has 0 aliphatic carbocycles. The second-order valence-electron chi connectivity index (χ2n) is 3.99. The standard InChI is InChI=1S/C9H15NO9/c10-2(7(14)15)1-18-9(17)6-4(12)3(11)5(13)8(16)19-6/h2-6,8,11-13,16H,1,10H2,(H,14,15)/t2?,3?,4-,5+,6?,8+/m0/s1. The molecule has 0 saturated carbocycles. The van der Waals surface area contributed by atoms with Crippen LogP contribution in [-0.2, 0) is 19.1 Å². The molecule has 0 aromatic rings. The minimum atomic E-state index is -1.89. The number of aliphatic hydroxyl groups excluding tert-OH is 4. The van der Waals surface area contributed by atoms with Gasteiger partial charge >= 0.3 is 11.9 Å². The SMILES string of the molecule is NC(COC(=O)C1O[C@@H](O)[C@H](O)C(O)[C@@H]1O)C(=O)O. The molecule has 1 saturated heterocycles. The molecule has 6 atom stereocenters. The molecule has 0 aromatic carbocycles. The van der Waals surface area contributed by atoms with Gasteiger partial charge in [0.2, 0.25) is 0 Å². The lowest BCUT2D eigenvalue weighted by molar-refractivity contribution is -0.281. The van der Waals surface area contributed by atoms with Crippen molar-refractivity contribution in [1.82, 2.24) is 0 Å². The zero-order valence-corrected chi connectivity index (χ0v) is 9.62. The van der Waals surface area contributed by atoms with E-state index < -0.39 is 55.3 Å². The lowest BCUT2D eigenvalue weighted by Crippen LogP contribution is -2.60. The van der Waals surface area contributed by atoms with Crippen LogP contribution in [0.5, 0.6) is 0 Å². The van der Waals surface area contributed by atoms with Crippen molar-refractivity contribution in [3.63, 3.8) is 0 Å². The minimum Gasteiger partial charge on any atom is -0.480 e. The third-order valence-electron chi connectivity index (χ3n) is 2.54. The summed E-state index contributed by atoms with van der Waals surface area (Å²) in [4.78, 5) is 21.9. The van der Waals surface area contributed by atoms with Crippen molar-refractivity contribution in [1.29, 1.82) is 0 Å².